The molecule has 1 atom stereocenters. The number of ether oxygens (including phenoxy) is 2. The van der Waals surface area contributed by atoms with E-state index in [2.05, 4.69) is 5.32 Å². The van der Waals surface area contributed by atoms with Crippen LogP contribution in [-0.4, -0.2) is 51.7 Å². The third-order valence-electron chi connectivity index (χ3n) is 3.92. The summed E-state index contributed by atoms with van der Waals surface area (Å²) in [5.41, 5.74) is 1.38. The standard InChI is InChI=1S/C15H22N2O5S/c1-10-8-13(21-2)14(22-3)9-11(10)16-15(18)12-6-5-7-17(12)23(4,19)20/h8-9,12H,5-7H2,1-4H3,(H,16,18). The van der Waals surface area contributed by atoms with E-state index in [1.54, 1.807) is 12.1 Å². The first-order chi connectivity index (χ1) is 10.8. The lowest BCUT2D eigenvalue weighted by molar-refractivity contribution is -0.119. The summed E-state index contributed by atoms with van der Waals surface area (Å²) < 4.78 is 35.2. The molecule has 2 rings (SSSR count). The zero-order valence-electron chi connectivity index (χ0n) is 13.8. The van der Waals surface area contributed by atoms with E-state index < -0.39 is 16.1 Å². The minimum Gasteiger partial charge on any atom is -0.493 e. The monoisotopic (exact) mass is 342 g/mol. The lowest BCUT2D eigenvalue weighted by atomic mass is 10.1. The fraction of sp³-hybridized carbons (Fsp3) is 0.533. The summed E-state index contributed by atoms with van der Waals surface area (Å²) in [5, 5.41) is 2.80. The molecule has 1 saturated heterocycles. The quantitative estimate of drug-likeness (QED) is 0.874. The second kappa shape index (κ2) is 6.76. The molecule has 1 fully saturated rings. The molecule has 1 heterocycles. The molecule has 7 nitrogen and oxygen atoms in total. The van der Waals surface area contributed by atoms with Gasteiger partial charge in [-0.2, -0.15) is 4.31 Å². The molecule has 0 spiro atoms. The fourth-order valence-electron chi connectivity index (χ4n) is 2.73. The highest BCUT2D eigenvalue weighted by atomic mass is 32.2. The summed E-state index contributed by atoms with van der Waals surface area (Å²) in [4.78, 5) is 12.5. The van der Waals surface area contributed by atoms with Gasteiger partial charge in [0.05, 0.1) is 20.5 Å². The zero-order valence-corrected chi connectivity index (χ0v) is 14.6. The van der Waals surface area contributed by atoms with Gasteiger partial charge in [0.2, 0.25) is 15.9 Å². The van der Waals surface area contributed by atoms with Crippen molar-refractivity contribution in [1.29, 1.82) is 0 Å². The molecule has 1 aliphatic rings. The molecule has 0 aromatic heterocycles. The number of amides is 1. The highest BCUT2D eigenvalue weighted by Gasteiger charge is 2.36. The van der Waals surface area contributed by atoms with E-state index in [1.807, 2.05) is 6.92 Å². The zero-order chi connectivity index (χ0) is 17.2. The Labute approximate surface area is 136 Å². The van der Waals surface area contributed by atoms with Crippen molar-refractivity contribution >= 4 is 21.6 Å². The van der Waals surface area contributed by atoms with Crippen molar-refractivity contribution in [3.05, 3.63) is 17.7 Å². The average Bonchev–Trinajstić information content (AvgIpc) is 2.98. The number of hydrogen-bond acceptors (Lipinski definition) is 5. The summed E-state index contributed by atoms with van der Waals surface area (Å²) in [6, 6.07) is 2.76. The van der Waals surface area contributed by atoms with E-state index in [0.29, 0.717) is 36.6 Å². The number of nitrogens with zero attached hydrogens (tertiary/aromatic N) is 1. The molecule has 0 radical (unpaired) electrons. The average molecular weight is 342 g/mol. The van der Waals surface area contributed by atoms with Gasteiger partial charge in [-0.1, -0.05) is 0 Å². The van der Waals surface area contributed by atoms with Gasteiger partial charge in [0.15, 0.2) is 11.5 Å². The van der Waals surface area contributed by atoms with Crippen LogP contribution in [0.1, 0.15) is 18.4 Å². The maximum atomic E-state index is 12.5. The summed E-state index contributed by atoms with van der Waals surface area (Å²) in [6.07, 6.45) is 2.32. The number of hydrogen-bond donors (Lipinski definition) is 1. The van der Waals surface area contributed by atoms with Gasteiger partial charge in [-0.25, -0.2) is 8.42 Å². The Morgan fingerprint density at radius 3 is 2.43 bits per heavy atom. The molecule has 1 unspecified atom stereocenters. The van der Waals surface area contributed by atoms with Crippen LogP contribution in [0.25, 0.3) is 0 Å². The van der Waals surface area contributed by atoms with Crippen LogP contribution in [-0.2, 0) is 14.8 Å². The molecule has 1 aliphatic heterocycles. The third-order valence-corrected chi connectivity index (χ3v) is 5.21. The molecule has 1 aromatic rings. The van der Waals surface area contributed by atoms with E-state index in [1.165, 1.54) is 18.5 Å². The van der Waals surface area contributed by atoms with Crippen molar-refractivity contribution in [2.24, 2.45) is 0 Å². The summed E-state index contributed by atoms with van der Waals surface area (Å²) in [7, 11) is -0.340. The molecule has 128 valence electrons. The predicted molar refractivity (Wildman–Crippen MR) is 87.5 cm³/mol. The summed E-state index contributed by atoms with van der Waals surface area (Å²) in [5.74, 6) is 0.740. The fourth-order valence-corrected chi connectivity index (χ4v) is 3.85. The normalized spacial score (nSPS) is 18.7. The minimum absolute atomic E-state index is 0.330. The maximum Gasteiger partial charge on any atom is 0.242 e. The van der Waals surface area contributed by atoms with Gasteiger partial charge in [-0.05, 0) is 31.4 Å². The van der Waals surface area contributed by atoms with Crippen LogP contribution in [0.3, 0.4) is 0 Å². The molecule has 0 bridgehead atoms. The van der Waals surface area contributed by atoms with E-state index >= 15 is 0 Å². The number of carbonyl (C=O) groups is 1. The lowest BCUT2D eigenvalue weighted by Crippen LogP contribution is -2.42. The van der Waals surface area contributed by atoms with Gasteiger partial charge in [0.25, 0.3) is 0 Å². The topological polar surface area (TPSA) is 84.9 Å². The van der Waals surface area contributed by atoms with Crippen molar-refractivity contribution in [3.8, 4) is 11.5 Å². The number of nitrogens with one attached hydrogen (secondary N) is 1. The summed E-state index contributed by atoms with van der Waals surface area (Å²) >= 11 is 0. The van der Waals surface area contributed by atoms with Gasteiger partial charge in [0, 0.05) is 18.3 Å². The van der Waals surface area contributed by atoms with Crippen LogP contribution in [0.2, 0.25) is 0 Å². The van der Waals surface area contributed by atoms with Crippen molar-refractivity contribution in [1.82, 2.24) is 4.31 Å². The molecule has 8 heteroatoms. The number of aryl methyl sites for hydroxylation is 1. The van der Waals surface area contributed by atoms with E-state index in [-0.39, 0.29) is 5.91 Å². The van der Waals surface area contributed by atoms with Crippen LogP contribution in [0, 0.1) is 6.92 Å². The van der Waals surface area contributed by atoms with Gasteiger partial charge in [0.1, 0.15) is 6.04 Å². The highest BCUT2D eigenvalue weighted by molar-refractivity contribution is 7.88. The smallest absolute Gasteiger partial charge is 0.242 e. The number of rotatable bonds is 5. The maximum absolute atomic E-state index is 12.5. The van der Waals surface area contributed by atoms with Crippen molar-refractivity contribution in [2.45, 2.75) is 25.8 Å². The first-order valence-electron chi connectivity index (χ1n) is 7.28. The Morgan fingerprint density at radius 2 is 1.87 bits per heavy atom. The van der Waals surface area contributed by atoms with E-state index in [4.69, 9.17) is 9.47 Å². The second-order valence-corrected chi connectivity index (χ2v) is 7.48. The third kappa shape index (κ3) is 3.76. The Kier molecular flexibility index (Phi) is 5.16. The van der Waals surface area contributed by atoms with Crippen LogP contribution in [0.15, 0.2) is 12.1 Å². The second-order valence-electron chi connectivity index (χ2n) is 5.54. The van der Waals surface area contributed by atoms with Gasteiger partial charge >= 0.3 is 0 Å². The van der Waals surface area contributed by atoms with Crippen molar-refractivity contribution < 1.29 is 22.7 Å². The van der Waals surface area contributed by atoms with Crippen LogP contribution >= 0.6 is 0 Å². The Balaban J connectivity index is 2.23. The molecule has 0 aliphatic carbocycles. The number of carbonyl (C=O) groups excluding carboxylic acids is 1. The van der Waals surface area contributed by atoms with Crippen molar-refractivity contribution in [3.63, 3.8) is 0 Å². The molecule has 1 amide bonds. The van der Waals surface area contributed by atoms with Crippen molar-refractivity contribution in [2.75, 3.05) is 32.3 Å². The largest absolute Gasteiger partial charge is 0.493 e. The predicted octanol–water partition coefficient (Wildman–Crippen LogP) is 1.37. The van der Waals surface area contributed by atoms with Crippen LogP contribution in [0.5, 0.6) is 11.5 Å². The van der Waals surface area contributed by atoms with E-state index in [0.717, 1.165) is 11.8 Å². The Morgan fingerprint density at radius 1 is 1.26 bits per heavy atom. The number of sulfonamides is 1. The highest BCUT2D eigenvalue weighted by Crippen LogP contribution is 2.33. The van der Waals surface area contributed by atoms with Crippen LogP contribution in [0.4, 0.5) is 5.69 Å². The molecular formula is C15H22N2O5S. The van der Waals surface area contributed by atoms with Gasteiger partial charge in [-0.3, -0.25) is 4.79 Å². The first kappa shape index (κ1) is 17.6. The lowest BCUT2D eigenvalue weighted by Gasteiger charge is -2.22. The molecule has 1 N–H and O–H groups in total. The molecule has 0 saturated carbocycles. The molecule has 1 aromatic carbocycles. The Hall–Kier alpha value is -1.80. The summed E-state index contributed by atoms with van der Waals surface area (Å²) in [6.45, 7) is 2.21. The molecular weight excluding hydrogens is 320 g/mol. The number of benzene rings is 1. The Bertz CT molecular complexity index is 702. The van der Waals surface area contributed by atoms with Gasteiger partial charge < -0.3 is 14.8 Å². The number of anilines is 1. The minimum atomic E-state index is -3.39. The van der Waals surface area contributed by atoms with Crippen LogP contribution < -0.4 is 14.8 Å². The molecule has 23 heavy (non-hydrogen) atoms. The number of methoxy groups -OCH3 is 2. The van der Waals surface area contributed by atoms with E-state index in [9.17, 15) is 13.2 Å². The van der Waals surface area contributed by atoms with Gasteiger partial charge in [-0.15, -0.1) is 0 Å². The first-order valence-corrected chi connectivity index (χ1v) is 9.13. The SMILES string of the molecule is COc1cc(C)c(NC(=O)C2CCCN2S(C)(=O)=O)cc1OC.